The van der Waals surface area contributed by atoms with Gasteiger partial charge in [0.25, 0.3) is 11.8 Å². The molecule has 0 saturated carbocycles. The molecule has 0 aliphatic carbocycles. The molecule has 3 aromatic rings. The van der Waals surface area contributed by atoms with Crippen LogP contribution in [0.3, 0.4) is 0 Å². The number of amides is 2. The van der Waals surface area contributed by atoms with E-state index in [1.54, 1.807) is 24.3 Å². The summed E-state index contributed by atoms with van der Waals surface area (Å²) in [6.07, 6.45) is 0.912. The Morgan fingerprint density at radius 3 is 2.45 bits per heavy atom. The van der Waals surface area contributed by atoms with E-state index in [1.807, 2.05) is 23.1 Å². The molecule has 0 radical (unpaired) electrons. The number of para-hydroxylation sites is 1. The van der Waals surface area contributed by atoms with Crippen molar-refractivity contribution in [1.29, 1.82) is 0 Å². The molecular formula is C25H23FN2O3. The van der Waals surface area contributed by atoms with Crippen LogP contribution in [-0.4, -0.2) is 36.4 Å². The molecule has 1 unspecified atom stereocenters. The van der Waals surface area contributed by atoms with Crippen LogP contribution in [0.5, 0.6) is 5.75 Å². The average Bonchev–Trinajstić information content (AvgIpc) is 3.30. The van der Waals surface area contributed by atoms with Crippen LogP contribution in [0.1, 0.15) is 28.3 Å². The van der Waals surface area contributed by atoms with Crippen LogP contribution in [0.15, 0.2) is 78.9 Å². The fraction of sp³-hybridized carbons (Fsp3) is 0.200. The SMILES string of the molecule is O=C(COc1ccc(F)cc1)Nc1ccccc1C(=O)N1CCC(c2ccccc2)C1. The number of ether oxygens (including phenoxy) is 1. The van der Waals surface area contributed by atoms with Gasteiger partial charge in [-0.15, -0.1) is 0 Å². The zero-order valence-electron chi connectivity index (χ0n) is 17.0. The summed E-state index contributed by atoms with van der Waals surface area (Å²) in [7, 11) is 0. The summed E-state index contributed by atoms with van der Waals surface area (Å²) in [5.41, 5.74) is 2.13. The topological polar surface area (TPSA) is 58.6 Å². The van der Waals surface area contributed by atoms with Crippen LogP contribution >= 0.6 is 0 Å². The summed E-state index contributed by atoms with van der Waals surface area (Å²) < 4.78 is 18.4. The van der Waals surface area contributed by atoms with E-state index < -0.39 is 5.91 Å². The van der Waals surface area contributed by atoms with Crippen LogP contribution in [0.2, 0.25) is 0 Å². The van der Waals surface area contributed by atoms with Crippen molar-refractivity contribution in [3.8, 4) is 5.75 Å². The van der Waals surface area contributed by atoms with E-state index in [-0.39, 0.29) is 18.3 Å². The number of carbonyl (C=O) groups excluding carboxylic acids is 2. The standard InChI is InChI=1S/C25H23FN2O3/c26-20-10-12-21(13-11-20)31-17-24(29)27-23-9-5-4-8-22(23)25(30)28-15-14-19(16-28)18-6-2-1-3-7-18/h1-13,19H,14-17H2,(H,27,29). The zero-order chi connectivity index (χ0) is 21.6. The van der Waals surface area contributed by atoms with Crippen molar-refractivity contribution in [3.05, 3.63) is 95.8 Å². The molecule has 1 N–H and O–H groups in total. The second-order valence-corrected chi connectivity index (χ2v) is 7.48. The second-order valence-electron chi connectivity index (χ2n) is 7.48. The molecule has 5 nitrogen and oxygen atoms in total. The van der Waals surface area contributed by atoms with Gasteiger partial charge in [0.15, 0.2) is 6.61 Å². The summed E-state index contributed by atoms with van der Waals surface area (Å²) >= 11 is 0. The highest BCUT2D eigenvalue weighted by Crippen LogP contribution is 2.29. The molecule has 0 spiro atoms. The van der Waals surface area contributed by atoms with Crippen LogP contribution in [-0.2, 0) is 4.79 Å². The van der Waals surface area contributed by atoms with E-state index in [9.17, 15) is 14.0 Å². The van der Waals surface area contributed by atoms with Gasteiger partial charge in [-0.1, -0.05) is 42.5 Å². The molecular weight excluding hydrogens is 395 g/mol. The van der Waals surface area contributed by atoms with Crippen molar-refractivity contribution >= 4 is 17.5 Å². The van der Waals surface area contributed by atoms with Crippen LogP contribution in [0.25, 0.3) is 0 Å². The Kier molecular flexibility index (Phi) is 6.26. The molecule has 1 atom stereocenters. The van der Waals surface area contributed by atoms with Gasteiger partial charge >= 0.3 is 0 Å². The fourth-order valence-electron chi connectivity index (χ4n) is 3.76. The first-order valence-electron chi connectivity index (χ1n) is 10.2. The first-order valence-corrected chi connectivity index (χ1v) is 10.2. The van der Waals surface area contributed by atoms with E-state index in [0.717, 1.165) is 6.42 Å². The number of likely N-dealkylation sites (tertiary alicyclic amines) is 1. The molecule has 1 aliphatic rings. The molecule has 1 saturated heterocycles. The molecule has 1 fully saturated rings. The maximum atomic E-state index is 13.1. The zero-order valence-corrected chi connectivity index (χ0v) is 17.0. The van der Waals surface area contributed by atoms with Gasteiger partial charge < -0.3 is 15.0 Å². The van der Waals surface area contributed by atoms with Gasteiger partial charge in [-0.3, -0.25) is 9.59 Å². The van der Waals surface area contributed by atoms with E-state index >= 15 is 0 Å². The highest BCUT2D eigenvalue weighted by molar-refractivity contribution is 6.04. The lowest BCUT2D eigenvalue weighted by Gasteiger charge is -2.19. The smallest absolute Gasteiger partial charge is 0.262 e. The number of anilines is 1. The van der Waals surface area contributed by atoms with E-state index in [0.29, 0.717) is 36.0 Å². The van der Waals surface area contributed by atoms with Crippen LogP contribution in [0.4, 0.5) is 10.1 Å². The minimum absolute atomic E-state index is 0.103. The summed E-state index contributed by atoms with van der Waals surface area (Å²) in [5, 5.41) is 2.75. The highest BCUT2D eigenvalue weighted by atomic mass is 19.1. The summed E-state index contributed by atoms with van der Waals surface area (Å²) in [5.74, 6) is -0.163. The predicted molar refractivity (Wildman–Crippen MR) is 117 cm³/mol. The molecule has 1 aliphatic heterocycles. The number of hydrogen-bond donors (Lipinski definition) is 1. The van der Waals surface area contributed by atoms with Gasteiger partial charge in [-0.25, -0.2) is 4.39 Å². The number of carbonyl (C=O) groups is 2. The monoisotopic (exact) mass is 418 g/mol. The first-order chi connectivity index (χ1) is 15.1. The van der Waals surface area contributed by atoms with Gasteiger partial charge in [0.1, 0.15) is 11.6 Å². The molecule has 2 amide bonds. The lowest BCUT2D eigenvalue weighted by molar-refractivity contribution is -0.118. The number of halogens is 1. The molecule has 4 rings (SSSR count). The molecule has 0 bridgehead atoms. The third-order valence-electron chi connectivity index (χ3n) is 5.36. The quantitative estimate of drug-likeness (QED) is 0.643. The summed E-state index contributed by atoms with van der Waals surface area (Å²) in [6.45, 7) is 1.08. The molecule has 3 aromatic carbocycles. The number of hydrogen-bond acceptors (Lipinski definition) is 3. The van der Waals surface area contributed by atoms with Gasteiger partial charge in [-0.05, 0) is 48.4 Å². The minimum atomic E-state index is -0.395. The van der Waals surface area contributed by atoms with Crippen LogP contribution in [0, 0.1) is 5.82 Å². The van der Waals surface area contributed by atoms with Crippen molar-refractivity contribution in [2.45, 2.75) is 12.3 Å². The number of nitrogens with zero attached hydrogens (tertiary/aromatic N) is 1. The normalized spacial score (nSPS) is 15.5. The molecule has 31 heavy (non-hydrogen) atoms. The van der Waals surface area contributed by atoms with Crippen molar-refractivity contribution in [3.63, 3.8) is 0 Å². The first kappa shape index (κ1) is 20.6. The third-order valence-corrected chi connectivity index (χ3v) is 5.36. The largest absolute Gasteiger partial charge is 0.484 e. The number of benzene rings is 3. The maximum absolute atomic E-state index is 13.1. The van der Waals surface area contributed by atoms with Gasteiger partial charge in [0.2, 0.25) is 0 Å². The van der Waals surface area contributed by atoms with E-state index in [4.69, 9.17) is 4.74 Å². The Morgan fingerprint density at radius 2 is 1.68 bits per heavy atom. The van der Waals surface area contributed by atoms with Crippen molar-refractivity contribution < 1.29 is 18.7 Å². The average molecular weight is 418 g/mol. The van der Waals surface area contributed by atoms with E-state index in [2.05, 4.69) is 17.4 Å². The lowest BCUT2D eigenvalue weighted by atomic mass is 9.99. The summed E-state index contributed by atoms with van der Waals surface area (Å²) in [4.78, 5) is 27.3. The van der Waals surface area contributed by atoms with Gasteiger partial charge in [0, 0.05) is 19.0 Å². The Hall–Kier alpha value is -3.67. The molecule has 158 valence electrons. The van der Waals surface area contributed by atoms with Crippen molar-refractivity contribution in [2.24, 2.45) is 0 Å². The number of rotatable bonds is 6. The molecule has 1 heterocycles. The maximum Gasteiger partial charge on any atom is 0.262 e. The second kappa shape index (κ2) is 9.43. The van der Waals surface area contributed by atoms with Crippen LogP contribution < -0.4 is 10.1 Å². The highest BCUT2D eigenvalue weighted by Gasteiger charge is 2.29. The number of nitrogens with one attached hydrogen (secondary N) is 1. The van der Waals surface area contributed by atoms with Gasteiger partial charge in [-0.2, -0.15) is 0 Å². The minimum Gasteiger partial charge on any atom is -0.484 e. The molecule has 6 heteroatoms. The Morgan fingerprint density at radius 1 is 0.968 bits per heavy atom. The van der Waals surface area contributed by atoms with Gasteiger partial charge in [0.05, 0.1) is 11.3 Å². The van der Waals surface area contributed by atoms with E-state index in [1.165, 1.54) is 29.8 Å². The lowest BCUT2D eigenvalue weighted by Crippen LogP contribution is -2.30. The van der Waals surface area contributed by atoms with Crippen molar-refractivity contribution in [1.82, 2.24) is 4.90 Å². The molecule has 0 aromatic heterocycles. The predicted octanol–water partition coefficient (Wildman–Crippen LogP) is 4.47. The Labute approximate surface area is 180 Å². The fourth-order valence-corrected chi connectivity index (χ4v) is 3.76. The Balaban J connectivity index is 1.39. The third kappa shape index (κ3) is 5.09. The van der Waals surface area contributed by atoms with Crippen molar-refractivity contribution in [2.75, 3.05) is 25.0 Å². The Bertz CT molecular complexity index is 1050. The summed E-state index contributed by atoms with van der Waals surface area (Å²) in [6, 6.07) is 22.6.